The van der Waals surface area contributed by atoms with E-state index in [1.165, 1.54) is 0 Å². The average molecular weight is 445 g/mol. The molecule has 0 saturated heterocycles. The van der Waals surface area contributed by atoms with Gasteiger partial charge in [-0.3, -0.25) is 4.79 Å². The maximum absolute atomic E-state index is 13.7. The highest BCUT2D eigenvalue weighted by molar-refractivity contribution is 5.95. The van der Waals surface area contributed by atoms with E-state index in [-0.39, 0.29) is 11.1 Å². The Morgan fingerprint density at radius 3 is 2.44 bits per heavy atom. The Hall–Kier alpha value is -2.89. The molecule has 1 aromatic heterocycles. The van der Waals surface area contributed by atoms with E-state index in [0.717, 1.165) is 40.7 Å². The van der Waals surface area contributed by atoms with Crippen LogP contribution in [0.3, 0.4) is 0 Å². The SMILES string of the molecule is C=C(C)/C(=C\C1=C(C)CCCN1c1cc(OC)cc2c1cc(C)c(=O)n2C)C(F)F.CC. The second-order valence-electron chi connectivity index (χ2n) is 7.87. The molecule has 0 spiro atoms. The number of methoxy groups -OCH3 is 1. The van der Waals surface area contributed by atoms with E-state index in [1.54, 1.807) is 38.6 Å². The maximum Gasteiger partial charge on any atom is 0.264 e. The molecule has 0 atom stereocenters. The van der Waals surface area contributed by atoms with Crippen molar-refractivity contribution in [1.82, 2.24) is 4.57 Å². The summed E-state index contributed by atoms with van der Waals surface area (Å²) in [6.07, 6.45) is 0.705. The fourth-order valence-corrected chi connectivity index (χ4v) is 3.97. The molecule has 0 radical (unpaired) electrons. The van der Waals surface area contributed by atoms with Gasteiger partial charge in [-0.05, 0) is 56.9 Å². The van der Waals surface area contributed by atoms with Gasteiger partial charge in [0.2, 0.25) is 0 Å². The summed E-state index contributed by atoms with van der Waals surface area (Å²) in [7, 11) is 3.31. The minimum Gasteiger partial charge on any atom is -0.497 e. The van der Waals surface area contributed by atoms with Crippen LogP contribution >= 0.6 is 0 Å². The van der Waals surface area contributed by atoms with Crippen LogP contribution in [0.2, 0.25) is 0 Å². The minimum atomic E-state index is -2.60. The van der Waals surface area contributed by atoms with Gasteiger partial charge in [0, 0.05) is 47.9 Å². The zero-order chi connectivity index (χ0) is 24.2. The highest BCUT2D eigenvalue weighted by Crippen LogP contribution is 2.38. The molecule has 0 unspecified atom stereocenters. The summed E-state index contributed by atoms with van der Waals surface area (Å²) in [5.74, 6) is 0.608. The zero-order valence-corrected chi connectivity index (χ0v) is 20.2. The Morgan fingerprint density at radius 2 is 1.88 bits per heavy atom. The third kappa shape index (κ3) is 4.95. The van der Waals surface area contributed by atoms with Crippen molar-refractivity contribution in [3.8, 4) is 5.75 Å². The van der Waals surface area contributed by atoms with Crippen molar-refractivity contribution in [2.45, 2.75) is 53.9 Å². The topological polar surface area (TPSA) is 34.5 Å². The molecule has 2 heterocycles. The molecule has 0 fully saturated rings. The quantitative estimate of drug-likeness (QED) is 0.492. The molecule has 6 heteroatoms. The van der Waals surface area contributed by atoms with E-state index in [9.17, 15) is 13.6 Å². The summed E-state index contributed by atoms with van der Waals surface area (Å²) in [4.78, 5) is 14.5. The summed E-state index contributed by atoms with van der Waals surface area (Å²) in [6.45, 7) is 13.8. The highest BCUT2D eigenvalue weighted by atomic mass is 19.3. The number of anilines is 1. The number of aryl methyl sites for hydroxylation is 2. The summed E-state index contributed by atoms with van der Waals surface area (Å²) >= 11 is 0. The molecule has 0 amide bonds. The number of hydrogen-bond acceptors (Lipinski definition) is 3. The van der Waals surface area contributed by atoms with E-state index in [2.05, 4.69) is 11.5 Å². The second kappa shape index (κ2) is 10.6. The number of allylic oxidation sites excluding steroid dienone is 4. The van der Waals surface area contributed by atoms with E-state index < -0.39 is 6.43 Å². The van der Waals surface area contributed by atoms with E-state index in [4.69, 9.17) is 4.74 Å². The van der Waals surface area contributed by atoms with Gasteiger partial charge < -0.3 is 14.2 Å². The smallest absolute Gasteiger partial charge is 0.264 e. The van der Waals surface area contributed by atoms with Crippen LogP contribution in [-0.4, -0.2) is 24.6 Å². The van der Waals surface area contributed by atoms with E-state index >= 15 is 0 Å². The zero-order valence-electron chi connectivity index (χ0n) is 20.2. The Labute approximate surface area is 189 Å². The van der Waals surface area contributed by atoms with Gasteiger partial charge in [0.25, 0.3) is 12.0 Å². The third-order valence-corrected chi connectivity index (χ3v) is 5.68. The predicted molar refractivity (Wildman–Crippen MR) is 130 cm³/mol. The molecule has 3 rings (SSSR count). The molecule has 32 heavy (non-hydrogen) atoms. The molecule has 1 aliphatic rings. The van der Waals surface area contributed by atoms with E-state index in [1.807, 2.05) is 39.0 Å². The number of hydrogen-bond donors (Lipinski definition) is 0. The van der Waals surface area contributed by atoms with Crippen LogP contribution in [0.25, 0.3) is 10.9 Å². The van der Waals surface area contributed by atoms with Gasteiger partial charge in [-0.2, -0.15) is 0 Å². The number of pyridine rings is 1. The first-order valence-corrected chi connectivity index (χ1v) is 11.0. The van der Waals surface area contributed by atoms with Gasteiger partial charge in [-0.1, -0.05) is 20.4 Å². The molecule has 0 saturated carbocycles. The molecule has 0 bridgehead atoms. The number of alkyl halides is 2. The first kappa shape index (κ1) is 25.4. The molecule has 2 aromatic rings. The maximum atomic E-state index is 13.7. The van der Waals surface area contributed by atoms with Crippen molar-refractivity contribution >= 4 is 16.6 Å². The van der Waals surface area contributed by atoms with Crippen LogP contribution in [0, 0.1) is 6.92 Å². The number of ether oxygens (including phenoxy) is 1. The van der Waals surface area contributed by atoms with Crippen molar-refractivity contribution in [2.75, 3.05) is 18.6 Å². The van der Waals surface area contributed by atoms with E-state index in [0.29, 0.717) is 23.4 Å². The molecule has 1 aliphatic heterocycles. The van der Waals surface area contributed by atoms with Gasteiger partial charge >= 0.3 is 0 Å². The normalized spacial score (nSPS) is 14.6. The number of halogens is 2. The van der Waals surface area contributed by atoms with Crippen LogP contribution in [0.15, 0.2) is 58.1 Å². The van der Waals surface area contributed by atoms with Crippen LogP contribution < -0.4 is 15.2 Å². The lowest BCUT2D eigenvalue weighted by Gasteiger charge is -2.33. The summed E-state index contributed by atoms with van der Waals surface area (Å²) < 4.78 is 34.4. The van der Waals surface area contributed by atoms with Gasteiger partial charge in [0.15, 0.2) is 0 Å². The van der Waals surface area contributed by atoms with Crippen molar-refractivity contribution in [2.24, 2.45) is 7.05 Å². The van der Waals surface area contributed by atoms with Crippen molar-refractivity contribution in [1.29, 1.82) is 0 Å². The van der Waals surface area contributed by atoms with Gasteiger partial charge in [-0.25, -0.2) is 8.78 Å². The number of nitrogens with zero attached hydrogens (tertiary/aromatic N) is 2. The van der Waals surface area contributed by atoms with Crippen molar-refractivity contribution in [3.63, 3.8) is 0 Å². The van der Waals surface area contributed by atoms with Crippen molar-refractivity contribution < 1.29 is 13.5 Å². The van der Waals surface area contributed by atoms with Crippen molar-refractivity contribution in [3.05, 3.63) is 69.2 Å². The second-order valence-corrected chi connectivity index (χ2v) is 7.87. The Morgan fingerprint density at radius 1 is 1.22 bits per heavy atom. The lowest BCUT2D eigenvalue weighted by molar-refractivity contribution is 0.192. The van der Waals surface area contributed by atoms with Gasteiger partial charge in [-0.15, -0.1) is 0 Å². The number of aromatic nitrogens is 1. The minimum absolute atomic E-state index is 0.0629. The number of rotatable bonds is 5. The lowest BCUT2D eigenvalue weighted by Crippen LogP contribution is -2.29. The molecule has 0 N–H and O–H groups in total. The molecule has 174 valence electrons. The summed E-state index contributed by atoms with van der Waals surface area (Å²) in [5.41, 5.74) is 4.20. The van der Waals surface area contributed by atoms with Gasteiger partial charge in [0.05, 0.1) is 18.3 Å². The first-order chi connectivity index (χ1) is 15.1. The molecule has 1 aromatic carbocycles. The van der Waals surface area contributed by atoms with Crippen LogP contribution in [-0.2, 0) is 7.05 Å². The van der Waals surface area contributed by atoms with Crippen LogP contribution in [0.5, 0.6) is 5.75 Å². The number of benzene rings is 1. The Bertz CT molecular complexity index is 1130. The van der Waals surface area contributed by atoms with Gasteiger partial charge in [0.1, 0.15) is 5.75 Å². The molecular formula is C26H34F2N2O2. The Balaban J connectivity index is 0.00000176. The fraction of sp³-hybridized carbons (Fsp3) is 0.423. The highest BCUT2D eigenvalue weighted by Gasteiger charge is 2.24. The average Bonchev–Trinajstić information content (AvgIpc) is 2.77. The molecule has 4 nitrogen and oxygen atoms in total. The largest absolute Gasteiger partial charge is 0.497 e. The summed E-state index contributed by atoms with van der Waals surface area (Å²) in [5, 5.41) is 0.880. The Kier molecular flexibility index (Phi) is 8.42. The monoisotopic (exact) mass is 444 g/mol. The molecule has 0 aliphatic carbocycles. The van der Waals surface area contributed by atoms with Crippen LogP contribution in [0.1, 0.15) is 46.1 Å². The summed E-state index contributed by atoms with van der Waals surface area (Å²) in [6, 6.07) is 5.60. The molecular weight excluding hydrogens is 410 g/mol. The lowest BCUT2D eigenvalue weighted by atomic mass is 9.98. The van der Waals surface area contributed by atoms with Crippen LogP contribution in [0.4, 0.5) is 14.5 Å². The predicted octanol–water partition coefficient (Wildman–Crippen LogP) is 6.52. The fourth-order valence-electron chi connectivity index (χ4n) is 3.97. The first-order valence-electron chi connectivity index (χ1n) is 11.0. The standard InChI is InChI=1S/C24H28F2N2O2.C2H6/c1-14(2)18(23(25)26)13-20-15(3)8-7-9-28(20)22-12-17(30-6)11-21-19(22)10-16(4)24(29)27(21)5;1-2/h10-13,23H,1,7-9H2,2-6H3;1-2H3/b18-13+;. The number of fused-ring (bicyclic) bond motifs is 1. The third-order valence-electron chi connectivity index (χ3n) is 5.68.